The number of benzene rings is 3. The summed E-state index contributed by atoms with van der Waals surface area (Å²) in [5.41, 5.74) is 3.11. The van der Waals surface area contributed by atoms with Gasteiger partial charge in [0.2, 0.25) is 0 Å². The molecule has 6 bridgehead atoms. The molecule has 3 amide bonds. The molecule has 3 aliphatic rings. The first kappa shape index (κ1) is 30.4. The minimum absolute atomic E-state index is 0.140. The molecule has 2 atom stereocenters. The second-order valence-corrected chi connectivity index (χ2v) is 11.0. The first-order chi connectivity index (χ1) is 22.4. The third-order valence-electron chi connectivity index (χ3n) is 8.03. The first-order valence-electron chi connectivity index (χ1n) is 14.9. The lowest BCUT2D eigenvalue weighted by Gasteiger charge is -2.39. The van der Waals surface area contributed by atoms with Gasteiger partial charge in [0, 0.05) is 50.1 Å². The lowest BCUT2D eigenvalue weighted by Crippen LogP contribution is -2.58. The van der Waals surface area contributed by atoms with Crippen LogP contribution in [0.1, 0.15) is 32.7 Å². The van der Waals surface area contributed by atoms with E-state index in [0.717, 1.165) is 11.1 Å². The predicted molar refractivity (Wildman–Crippen MR) is 169 cm³/mol. The minimum Gasteiger partial charge on any atom is -0.497 e. The number of fused-ring (bicyclic) bond motifs is 7. The Balaban J connectivity index is 1.31. The molecule has 236 valence electrons. The maximum Gasteiger partial charge on any atom is 0.258 e. The quantitative estimate of drug-likeness (QED) is 0.353. The summed E-state index contributed by atoms with van der Waals surface area (Å²) < 4.78 is 22.9. The number of rotatable bonds is 3. The van der Waals surface area contributed by atoms with Crippen LogP contribution in [0.25, 0.3) is 11.1 Å². The van der Waals surface area contributed by atoms with Crippen LogP contribution in [0.4, 0.5) is 0 Å². The third-order valence-corrected chi connectivity index (χ3v) is 8.03. The number of carbonyl (C=O) groups excluding carboxylic acids is 3. The van der Waals surface area contributed by atoms with E-state index in [2.05, 4.69) is 15.6 Å². The number of pyridine rings is 1. The highest BCUT2D eigenvalue weighted by Crippen LogP contribution is 2.29. The average Bonchev–Trinajstić information content (AvgIpc) is 3.10. The number of likely N-dealkylation sites (tertiary alicyclic amines) is 1. The van der Waals surface area contributed by atoms with Crippen molar-refractivity contribution < 1.29 is 33.3 Å². The van der Waals surface area contributed by atoms with Gasteiger partial charge in [-0.15, -0.1) is 0 Å². The van der Waals surface area contributed by atoms with Gasteiger partial charge in [0.1, 0.15) is 29.1 Å². The van der Waals surface area contributed by atoms with Crippen molar-refractivity contribution in [2.45, 2.75) is 25.1 Å². The number of hydrogen-bond acceptors (Lipinski definition) is 8. The molecule has 0 aliphatic carbocycles. The van der Waals surface area contributed by atoms with Crippen molar-refractivity contribution in [3.63, 3.8) is 0 Å². The van der Waals surface area contributed by atoms with Crippen LogP contribution in [0, 0.1) is 0 Å². The van der Waals surface area contributed by atoms with E-state index in [9.17, 15) is 14.4 Å². The van der Waals surface area contributed by atoms with Crippen molar-refractivity contribution in [1.29, 1.82) is 0 Å². The standard InChI is InChI=1S/C35H34N4O7/c1-43-27-10-11-29(32(16-27)44-2)35(42)39-13-12-31-30(20-39)38-34(41)25-14-24(18-36-19-25)23-4-3-5-28(15-23)45-21-33(40)37-17-22-6-8-26(46-31)9-7-22/h3-11,14-16,18-19,30-31H,12-13,17,20-21H2,1-2H3,(H,37,40)(H,38,41)/t30-,31+/m1/s1. The van der Waals surface area contributed by atoms with E-state index in [1.807, 2.05) is 36.4 Å². The van der Waals surface area contributed by atoms with E-state index in [-0.39, 0.29) is 30.9 Å². The van der Waals surface area contributed by atoms with Gasteiger partial charge in [-0.1, -0.05) is 24.3 Å². The zero-order chi connectivity index (χ0) is 32.0. The minimum atomic E-state index is -0.542. The summed E-state index contributed by atoms with van der Waals surface area (Å²) in [6.07, 6.45) is 3.20. The molecule has 0 spiro atoms. The lowest BCUT2D eigenvalue weighted by molar-refractivity contribution is -0.123. The van der Waals surface area contributed by atoms with Crippen LogP contribution in [-0.4, -0.2) is 73.7 Å². The van der Waals surface area contributed by atoms with Crippen molar-refractivity contribution >= 4 is 17.7 Å². The zero-order valence-electron chi connectivity index (χ0n) is 25.5. The molecule has 0 radical (unpaired) electrons. The van der Waals surface area contributed by atoms with Crippen LogP contribution in [0.2, 0.25) is 0 Å². The first-order valence-corrected chi connectivity index (χ1v) is 14.9. The zero-order valence-corrected chi connectivity index (χ0v) is 25.5. The van der Waals surface area contributed by atoms with Gasteiger partial charge in [0.15, 0.2) is 6.61 Å². The molecule has 3 aromatic carbocycles. The van der Waals surface area contributed by atoms with Gasteiger partial charge in [-0.05, 0) is 53.6 Å². The highest BCUT2D eigenvalue weighted by Gasteiger charge is 2.35. The molecule has 11 heteroatoms. The molecular formula is C35H34N4O7. The van der Waals surface area contributed by atoms with Gasteiger partial charge in [0.25, 0.3) is 17.7 Å². The third kappa shape index (κ3) is 6.88. The Morgan fingerprint density at radius 2 is 1.74 bits per heavy atom. The van der Waals surface area contributed by atoms with Crippen molar-refractivity contribution in [1.82, 2.24) is 20.5 Å². The fraction of sp³-hybridized carbons (Fsp3) is 0.257. The van der Waals surface area contributed by atoms with Crippen LogP contribution in [0.5, 0.6) is 23.0 Å². The Kier molecular flexibility index (Phi) is 9.00. The maximum absolute atomic E-state index is 13.7. The molecule has 0 unspecified atom stereocenters. The number of aromatic nitrogens is 1. The monoisotopic (exact) mass is 622 g/mol. The van der Waals surface area contributed by atoms with E-state index < -0.39 is 12.1 Å². The highest BCUT2D eigenvalue weighted by molar-refractivity contribution is 5.98. The number of nitrogens with zero attached hydrogens (tertiary/aromatic N) is 2. The average molecular weight is 623 g/mol. The number of methoxy groups -OCH3 is 2. The van der Waals surface area contributed by atoms with Crippen LogP contribution in [0.15, 0.2) is 85.2 Å². The van der Waals surface area contributed by atoms with Gasteiger partial charge >= 0.3 is 0 Å². The topological polar surface area (TPSA) is 128 Å². The fourth-order valence-corrected chi connectivity index (χ4v) is 5.54. The Bertz CT molecular complexity index is 1740. The smallest absolute Gasteiger partial charge is 0.258 e. The molecule has 0 saturated carbocycles. The van der Waals surface area contributed by atoms with E-state index in [1.165, 1.54) is 13.3 Å². The summed E-state index contributed by atoms with van der Waals surface area (Å²) >= 11 is 0. The van der Waals surface area contributed by atoms with E-state index in [4.69, 9.17) is 18.9 Å². The van der Waals surface area contributed by atoms with Crippen molar-refractivity contribution in [2.75, 3.05) is 33.9 Å². The van der Waals surface area contributed by atoms with Gasteiger partial charge in [0.05, 0.1) is 31.4 Å². The summed E-state index contributed by atoms with van der Waals surface area (Å²) in [5.74, 6) is 1.27. The molecule has 46 heavy (non-hydrogen) atoms. The van der Waals surface area contributed by atoms with Gasteiger partial charge in [-0.3, -0.25) is 19.4 Å². The largest absolute Gasteiger partial charge is 0.497 e. The number of ether oxygens (including phenoxy) is 4. The normalized spacial score (nSPS) is 18.2. The van der Waals surface area contributed by atoms with Crippen molar-refractivity contribution in [3.8, 4) is 34.1 Å². The SMILES string of the molecule is COc1ccc(C(=O)N2CC[C@@H]3Oc4ccc(cc4)CNC(=O)COc4cccc(c4)-c4cncc(c4)C(=O)N[C@@H]3C2)c(OC)c1. The molecule has 3 aliphatic heterocycles. The Morgan fingerprint density at radius 1 is 0.913 bits per heavy atom. The van der Waals surface area contributed by atoms with Crippen LogP contribution < -0.4 is 29.6 Å². The molecule has 4 heterocycles. The Hall–Kier alpha value is -5.58. The number of piperidine rings is 1. The van der Waals surface area contributed by atoms with E-state index in [1.54, 1.807) is 54.6 Å². The van der Waals surface area contributed by atoms with E-state index in [0.29, 0.717) is 59.2 Å². The Labute approximate surface area is 266 Å². The molecule has 2 N–H and O–H groups in total. The van der Waals surface area contributed by atoms with Crippen LogP contribution in [0.3, 0.4) is 0 Å². The molecule has 1 fully saturated rings. The number of carbonyl (C=O) groups is 3. The summed E-state index contributed by atoms with van der Waals surface area (Å²) in [5, 5.41) is 5.99. The summed E-state index contributed by atoms with van der Waals surface area (Å²) in [6, 6.07) is 20.9. The molecule has 1 saturated heterocycles. The number of amides is 3. The molecule has 1 aromatic heterocycles. The summed E-state index contributed by atoms with van der Waals surface area (Å²) in [6.45, 7) is 0.805. The Morgan fingerprint density at radius 3 is 2.54 bits per heavy atom. The van der Waals surface area contributed by atoms with Gasteiger partial charge in [-0.25, -0.2) is 0 Å². The van der Waals surface area contributed by atoms with Crippen LogP contribution in [-0.2, 0) is 11.3 Å². The van der Waals surface area contributed by atoms with Crippen LogP contribution >= 0.6 is 0 Å². The van der Waals surface area contributed by atoms with Crippen molar-refractivity contribution in [3.05, 3.63) is 102 Å². The fourth-order valence-electron chi connectivity index (χ4n) is 5.54. The predicted octanol–water partition coefficient (Wildman–Crippen LogP) is 3.87. The van der Waals surface area contributed by atoms with Crippen molar-refractivity contribution in [2.24, 2.45) is 0 Å². The molecule has 7 rings (SSSR count). The highest BCUT2D eigenvalue weighted by atomic mass is 16.5. The molecule has 11 nitrogen and oxygen atoms in total. The van der Waals surface area contributed by atoms with Gasteiger partial charge in [-0.2, -0.15) is 0 Å². The molecular weight excluding hydrogens is 588 g/mol. The second kappa shape index (κ2) is 13.6. The summed E-state index contributed by atoms with van der Waals surface area (Å²) in [7, 11) is 3.05. The maximum atomic E-state index is 13.7. The lowest BCUT2D eigenvalue weighted by atomic mass is 9.99. The summed E-state index contributed by atoms with van der Waals surface area (Å²) in [4.78, 5) is 45.9. The number of nitrogens with one attached hydrogen (secondary N) is 2. The number of hydrogen-bond donors (Lipinski definition) is 2. The second-order valence-electron chi connectivity index (χ2n) is 11.0. The molecule has 4 aromatic rings. The van der Waals surface area contributed by atoms with E-state index >= 15 is 0 Å². The van der Waals surface area contributed by atoms with Gasteiger partial charge < -0.3 is 34.5 Å².